The van der Waals surface area contributed by atoms with Crippen LogP contribution in [0.15, 0.2) is 65.8 Å². The number of amides is 2. The fourth-order valence-corrected chi connectivity index (χ4v) is 3.52. The van der Waals surface area contributed by atoms with Crippen LogP contribution in [0, 0.1) is 6.92 Å². The van der Waals surface area contributed by atoms with Crippen LogP contribution in [0.5, 0.6) is 0 Å². The van der Waals surface area contributed by atoms with Gasteiger partial charge in [0, 0.05) is 26.6 Å². The number of benzene rings is 2. The molecule has 1 aromatic heterocycles. The standard InChI is InChI=1S/C24H25N3O2S/c1-16-5-14-21(30-16)15-25-27-23(29)18-8-12-20(13-9-18)26-22(28)17-6-10-19(11-7-17)24(2,3)4/h5-15H,1-4H3,(H,26,28)(H,27,29)/b25-15+. The van der Waals surface area contributed by atoms with Gasteiger partial charge in [-0.25, -0.2) is 5.43 Å². The summed E-state index contributed by atoms with van der Waals surface area (Å²) in [5.41, 5.74) is 5.39. The molecule has 3 rings (SSSR count). The van der Waals surface area contributed by atoms with Crippen LogP contribution in [0.1, 0.15) is 56.8 Å². The number of nitrogens with zero attached hydrogens (tertiary/aromatic N) is 1. The molecule has 2 N–H and O–H groups in total. The fraction of sp³-hybridized carbons (Fsp3) is 0.208. The molecule has 0 aliphatic carbocycles. The molecule has 0 aliphatic rings. The minimum atomic E-state index is -0.310. The Labute approximate surface area is 180 Å². The van der Waals surface area contributed by atoms with E-state index in [-0.39, 0.29) is 17.2 Å². The quantitative estimate of drug-likeness (QED) is 0.431. The highest BCUT2D eigenvalue weighted by atomic mass is 32.1. The molecule has 0 fully saturated rings. The average Bonchev–Trinajstić information content (AvgIpc) is 3.13. The maximum atomic E-state index is 12.5. The molecule has 6 heteroatoms. The van der Waals surface area contributed by atoms with Crippen molar-refractivity contribution in [2.45, 2.75) is 33.1 Å². The molecule has 0 saturated heterocycles. The van der Waals surface area contributed by atoms with E-state index in [9.17, 15) is 9.59 Å². The Hall–Kier alpha value is -3.25. The van der Waals surface area contributed by atoms with E-state index in [2.05, 4.69) is 36.6 Å². The number of rotatable bonds is 5. The first-order chi connectivity index (χ1) is 14.2. The first-order valence-corrected chi connectivity index (χ1v) is 10.5. The van der Waals surface area contributed by atoms with Gasteiger partial charge in [0.25, 0.3) is 11.8 Å². The van der Waals surface area contributed by atoms with Gasteiger partial charge in [-0.3, -0.25) is 9.59 Å². The largest absolute Gasteiger partial charge is 0.322 e. The Morgan fingerprint density at radius 1 is 0.867 bits per heavy atom. The second-order valence-corrected chi connectivity index (χ2v) is 9.33. The molecule has 5 nitrogen and oxygen atoms in total. The van der Waals surface area contributed by atoms with Crippen LogP contribution in [0.3, 0.4) is 0 Å². The van der Waals surface area contributed by atoms with E-state index in [0.29, 0.717) is 16.8 Å². The third kappa shape index (κ3) is 5.64. The van der Waals surface area contributed by atoms with E-state index in [4.69, 9.17) is 0 Å². The second-order valence-electron chi connectivity index (χ2n) is 8.01. The zero-order valence-corrected chi connectivity index (χ0v) is 18.3. The number of thiophene rings is 1. The molecule has 0 spiro atoms. The summed E-state index contributed by atoms with van der Waals surface area (Å²) in [5.74, 6) is -0.501. The van der Waals surface area contributed by atoms with Crippen molar-refractivity contribution in [1.82, 2.24) is 5.43 Å². The van der Waals surface area contributed by atoms with Crippen molar-refractivity contribution in [3.8, 4) is 0 Å². The lowest BCUT2D eigenvalue weighted by molar-refractivity contribution is 0.0954. The van der Waals surface area contributed by atoms with Crippen LogP contribution in [0.4, 0.5) is 5.69 Å². The molecule has 0 aliphatic heterocycles. The Morgan fingerprint density at radius 2 is 1.47 bits per heavy atom. The molecule has 3 aromatic rings. The van der Waals surface area contributed by atoms with Gasteiger partial charge in [-0.2, -0.15) is 5.10 Å². The summed E-state index contributed by atoms with van der Waals surface area (Å²) in [6, 6.07) is 18.2. The van der Waals surface area contributed by atoms with Crippen LogP contribution >= 0.6 is 11.3 Å². The van der Waals surface area contributed by atoms with Gasteiger partial charge in [0.2, 0.25) is 0 Å². The molecular weight excluding hydrogens is 394 g/mol. The highest BCUT2D eigenvalue weighted by Gasteiger charge is 2.14. The zero-order chi connectivity index (χ0) is 21.7. The third-order valence-corrected chi connectivity index (χ3v) is 5.47. The monoisotopic (exact) mass is 419 g/mol. The molecule has 0 radical (unpaired) electrons. The van der Waals surface area contributed by atoms with Crippen LogP contribution < -0.4 is 10.7 Å². The van der Waals surface area contributed by atoms with Crippen LogP contribution in [0.2, 0.25) is 0 Å². The molecule has 0 saturated carbocycles. The zero-order valence-electron chi connectivity index (χ0n) is 17.5. The summed E-state index contributed by atoms with van der Waals surface area (Å²) < 4.78 is 0. The van der Waals surface area contributed by atoms with Crippen molar-refractivity contribution < 1.29 is 9.59 Å². The Kier molecular flexibility index (Phi) is 6.47. The topological polar surface area (TPSA) is 70.6 Å². The summed E-state index contributed by atoms with van der Waals surface area (Å²) >= 11 is 1.60. The number of aryl methyl sites for hydroxylation is 1. The van der Waals surface area contributed by atoms with Gasteiger partial charge in [0.1, 0.15) is 0 Å². The van der Waals surface area contributed by atoms with E-state index in [1.165, 1.54) is 10.4 Å². The minimum absolute atomic E-state index is 0.0399. The fourth-order valence-electron chi connectivity index (χ4n) is 2.77. The normalized spacial score (nSPS) is 11.5. The lowest BCUT2D eigenvalue weighted by atomic mass is 9.87. The van der Waals surface area contributed by atoms with Crippen molar-refractivity contribution in [2.75, 3.05) is 5.32 Å². The van der Waals surface area contributed by atoms with Gasteiger partial charge in [-0.15, -0.1) is 11.3 Å². The second kappa shape index (κ2) is 9.05. The summed E-state index contributed by atoms with van der Waals surface area (Å²) in [4.78, 5) is 26.8. The molecule has 2 aromatic carbocycles. The number of carbonyl (C=O) groups is 2. The van der Waals surface area contributed by atoms with Crippen LogP contribution in [-0.2, 0) is 5.41 Å². The van der Waals surface area contributed by atoms with Gasteiger partial charge >= 0.3 is 0 Å². The van der Waals surface area contributed by atoms with Crippen molar-refractivity contribution in [3.05, 3.63) is 87.1 Å². The number of hydrogen-bond donors (Lipinski definition) is 2. The number of hydrogen-bond acceptors (Lipinski definition) is 4. The van der Waals surface area contributed by atoms with E-state index in [0.717, 1.165) is 4.88 Å². The number of carbonyl (C=O) groups excluding carboxylic acids is 2. The van der Waals surface area contributed by atoms with Crippen molar-refractivity contribution in [1.29, 1.82) is 0 Å². The predicted molar refractivity (Wildman–Crippen MR) is 124 cm³/mol. The Balaban J connectivity index is 1.57. The van der Waals surface area contributed by atoms with Gasteiger partial charge in [-0.05, 0) is 66.4 Å². The van der Waals surface area contributed by atoms with Crippen LogP contribution in [-0.4, -0.2) is 18.0 Å². The number of hydrazone groups is 1. The molecular formula is C24H25N3O2S. The first-order valence-electron chi connectivity index (χ1n) is 9.64. The minimum Gasteiger partial charge on any atom is -0.322 e. The highest BCUT2D eigenvalue weighted by molar-refractivity contribution is 7.13. The Morgan fingerprint density at radius 3 is 2.03 bits per heavy atom. The summed E-state index contributed by atoms with van der Waals surface area (Å²) in [6.45, 7) is 8.42. The highest BCUT2D eigenvalue weighted by Crippen LogP contribution is 2.22. The van der Waals surface area contributed by atoms with Crippen molar-refractivity contribution >= 4 is 35.1 Å². The van der Waals surface area contributed by atoms with Crippen molar-refractivity contribution in [2.24, 2.45) is 5.10 Å². The van der Waals surface area contributed by atoms with Gasteiger partial charge in [0.05, 0.1) is 6.21 Å². The molecule has 154 valence electrons. The van der Waals surface area contributed by atoms with Crippen LogP contribution in [0.25, 0.3) is 0 Å². The SMILES string of the molecule is Cc1ccc(/C=N/NC(=O)c2ccc(NC(=O)c3ccc(C(C)(C)C)cc3)cc2)s1. The van der Waals surface area contributed by atoms with Crippen molar-refractivity contribution in [3.63, 3.8) is 0 Å². The summed E-state index contributed by atoms with van der Waals surface area (Å²) in [6.07, 6.45) is 1.62. The Bertz CT molecular complexity index is 1060. The summed E-state index contributed by atoms with van der Waals surface area (Å²) in [7, 11) is 0. The third-order valence-electron chi connectivity index (χ3n) is 4.54. The maximum absolute atomic E-state index is 12.5. The maximum Gasteiger partial charge on any atom is 0.271 e. The average molecular weight is 420 g/mol. The first kappa shape index (κ1) is 21.5. The van der Waals surface area contributed by atoms with E-state index < -0.39 is 0 Å². The molecule has 2 amide bonds. The molecule has 0 unspecified atom stereocenters. The molecule has 0 atom stereocenters. The van der Waals surface area contributed by atoms with Gasteiger partial charge < -0.3 is 5.32 Å². The molecule has 30 heavy (non-hydrogen) atoms. The predicted octanol–water partition coefficient (Wildman–Crippen LogP) is 5.37. The summed E-state index contributed by atoms with van der Waals surface area (Å²) in [5, 5.41) is 6.83. The van der Waals surface area contributed by atoms with Gasteiger partial charge in [-0.1, -0.05) is 32.9 Å². The van der Waals surface area contributed by atoms with E-state index >= 15 is 0 Å². The number of anilines is 1. The smallest absolute Gasteiger partial charge is 0.271 e. The molecule has 1 heterocycles. The number of nitrogens with one attached hydrogen (secondary N) is 2. The van der Waals surface area contributed by atoms with E-state index in [1.807, 2.05) is 43.3 Å². The van der Waals surface area contributed by atoms with E-state index in [1.54, 1.807) is 41.8 Å². The van der Waals surface area contributed by atoms with Gasteiger partial charge in [0.15, 0.2) is 0 Å². The lowest BCUT2D eigenvalue weighted by Crippen LogP contribution is -2.18. The lowest BCUT2D eigenvalue weighted by Gasteiger charge is -2.19. The molecule has 0 bridgehead atoms.